The van der Waals surface area contributed by atoms with Crippen LogP contribution in [0.2, 0.25) is 0 Å². The number of amides is 1. The van der Waals surface area contributed by atoms with Crippen LogP contribution >= 0.6 is 0 Å². The van der Waals surface area contributed by atoms with E-state index in [1.54, 1.807) is 24.0 Å². The van der Waals surface area contributed by atoms with Gasteiger partial charge in [0.1, 0.15) is 5.69 Å². The van der Waals surface area contributed by atoms with Gasteiger partial charge in [0, 0.05) is 30.3 Å². The van der Waals surface area contributed by atoms with Gasteiger partial charge in [0.15, 0.2) is 5.76 Å². The van der Waals surface area contributed by atoms with Crippen LogP contribution in [0.1, 0.15) is 42.0 Å². The van der Waals surface area contributed by atoms with E-state index in [1.807, 2.05) is 19.9 Å². The second-order valence-electron chi connectivity index (χ2n) is 5.89. The second-order valence-corrected chi connectivity index (χ2v) is 5.89. The van der Waals surface area contributed by atoms with Crippen molar-refractivity contribution in [2.45, 2.75) is 27.2 Å². The molecule has 0 spiro atoms. The molecule has 0 aromatic carbocycles. The number of hydrogen-bond donors (Lipinski definition) is 1. The maximum Gasteiger partial charge on any atom is 0.354 e. The van der Waals surface area contributed by atoms with E-state index < -0.39 is 5.97 Å². The number of nitrogens with one attached hydrogen (secondary N) is 1. The zero-order valence-corrected chi connectivity index (χ0v) is 14.6. The van der Waals surface area contributed by atoms with Crippen molar-refractivity contribution in [3.05, 3.63) is 35.2 Å². The Morgan fingerprint density at radius 3 is 2.84 bits per heavy atom. The number of aromatic amines is 1. The number of aryl methyl sites for hydroxylation is 1. The Bertz CT molecular complexity index is 831. The number of nitrogens with zero attached hydrogens (tertiary/aromatic N) is 2. The predicted octanol–water partition coefficient (Wildman–Crippen LogP) is 2.79. The zero-order valence-electron chi connectivity index (χ0n) is 14.6. The normalized spacial score (nSPS) is 14.1. The minimum atomic E-state index is -0.470. The second kappa shape index (κ2) is 6.96. The molecule has 0 atom stereocenters. The molecule has 2 aromatic heterocycles. The maximum atomic E-state index is 12.7. The van der Waals surface area contributed by atoms with Crippen LogP contribution < -0.4 is 0 Å². The van der Waals surface area contributed by atoms with E-state index in [2.05, 4.69) is 10.1 Å². The van der Waals surface area contributed by atoms with E-state index in [1.165, 1.54) is 0 Å². The minimum absolute atomic E-state index is 0.0475. The van der Waals surface area contributed by atoms with Crippen LogP contribution in [0.4, 0.5) is 0 Å². The van der Waals surface area contributed by atoms with E-state index in [9.17, 15) is 9.59 Å². The molecule has 1 amide bonds. The van der Waals surface area contributed by atoms with Crippen LogP contribution in [0, 0.1) is 6.92 Å². The zero-order chi connectivity index (χ0) is 18.0. The lowest BCUT2D eigenvalue weighted by molar-refractivity contribution is -0.123. The van der Waals surface area contributed by atoms with Crippen molar-refractivity contribution in [3.63, 3.8) is 0 Å². The summed E-state index contributed by atoms with van der Waals surface area (Å²) >= 11 is 0. The quantitative estimate of drug-likeness (QED) is 0.815. The Labute approximate surface area is 145 Å². The van der Waals surface area contributed by atoms with Crippen LogP contribution in [0.25, 0.3) is 17.0 Å². The molecule has 3 rings (SSSR count). The summed E-state index contributed by atoms with van der Waals surface area (Å²) in [5, 5.41) is 3.89. The lowest BCUT2D eigenvalue weighted by atomic mass is 10.0. The fourth-order valence-electron chi connectivity index (χ4n) is 2.89. The summed E-state index contributed by atoms with van der Waals surface area (Å²) in [5.41, 5.74) is 2.74. The van der Waals surface area contributed by atoms with Crippen molar-refractivity contribution in [1.29, 1.82) is 0 Å². The van der Waals surface area contributed by atoms with Crippen LogP contribution in [0.5, 0.6) is 0 Å². The third-order valence-electron chi connectivity index (χ3n) is 4.00. The van der Waals surface area contributed by atoms with Crippen LogP contribution in [-0.4, -0.2) is 46.6 Å². The molecule has 25 heavy (non-hydrogen) atoms. The third kappa shape index (κ3) is 3.22. The standard InChI is InChI=1S/C18H21N3O4/c1-4-7-21-8-6-12(17(21)22)13-10-14(18(23)24-5-2)19-16(13)15-9-11(3)20-25-15/h6,9-10,19H,4-5,7-8H2,1-3H3. The van der Waals surface area contributed by atoms with Gasteiger partial charge in [-0.15, -0.1) is 0 Å². The first-order valence-corrected chi connectivity index (χ1v) is 8.38. The highest BCUT2D eigenvalue weighted by molar-refractivity contribution is 6.23. The number of carbonyl (C=O) groups is 2. The van der Waals surface area contributed by atoms with Crippen molar-refractivity contribution < 1.29 is 18.8 Å². The van der Waals surface area contributed by atoms with Crippen molar-refractivity contribution in [2.24, 2.45) is 0 Å². The summed E-state index contributed by atoms with van der Waals surface area (Å²) in [6.45, 7) is 7.12. The molecule has 0 radical (unpaired) electrons. The Balaban J connectivity index is 2.03. The summed E-state index contributed by atoms with van der Waals surface area (Å²) < 4.78 is 10.4. The molecule has 0 fully saturated rings. The lowest BCUT2D eigenvalue weighted by Crippen LogP contribution is -2.27. The molecule has 2 aromatic rings. The highest BCUT2D eigenvalue weighted by atomic mass is 16.5. The van der Waals surface area contributed by atoms with Gasteiger partial charge in [0.2, 0.25) is 0 Å². The first-order chi connectivity index (χ1) is 12.0. The molecule has 1 aliphatic rings. The number of H-pyrrole nitrogens is 1. The van der Waals surface area contributed by atoms with E-state index in [0.29, 0.717) is 41.4 Å². The Kier molecular flexibility index (Phi) is 4.74. The molecule has 1 N–H and O–H groups in total. The molecule has 0 bridgehead atoms. The van der Waals surface area contributed by atoms with Crippen molar-refractivity contribution in [3.8, 4) is 11.5 Å². The fraction of sp³-hybridized carbons (Fsp3) is 0.389. The van der Waals surface area contributed by atoms with Gasteiger partial charge in [0.05, 0.1) is 18.0 Å². The average Bonchev–Trinajstić information content (AvgIpc) is 3.27. The lowest BCUT2D eigenvalue weighted by Gasteiger charge is -2.15. The SMILES string of the molecule is CCCN1CC=C(c2cc(C(=O)OCC)[nH]c2-c2cc(C)no2)C1=O. The van der Waals surface area contributed by atoms with Gasteiger partial charge in [-0.3, -0.25) is 4.79 Å². The van der Waals surface area contributed by atoms with Gasteiger partial charge in [-0.2, -0.15) is 0 Å². The molecule has 0 saturated carbocycles. The number of rotatable bonds is 6. The fourth-order valence-corrected chi connectivity index (χ4v) is 2.89. The molecule has 7 nitrogen and oxygen atoms in total. The van der Waals surface area contributed by atoms with Gasteiger partial charge >= 0.3 is 5.97 Å². The molecule has 1 aliphatic heterocycles. The molecule has 7 heteroatoms. The third-order valence-corrected chi connectivity index (χ3v) is 4.00. The first kappa shape index (κ1) is 17.0. The summed E-state index contributed by atoms with van der Waals surface area (Å²) in [4.78, 5) is 29.6. The monoisotopic (exact) mass is 343 g/mol. The molecule has 132 valence electrons. The van der Waals surface area contributed by atoms with Gasteiger partial charge in [0.25, 0.3) is 5.91 Å². The molecule has 0 saturated heterocycles. The largest absolute Gasteiger partial charge is 0.461 e. The van der Waals surface area contributed by atoms with E-state index in [0.717, 1.165) is 6.42 Å². The van der Waals surface area contributed by atoms with E-state index in [-0.39, 0.29) is 18.2 Å². The van der Waals surface area contributed by atoms with E-state index >= 15 is 0 Å². The van der Waals surface area contributed by atoms with Gasteiger partial charge in [-0.25, -0.2) is 4.79 Å². The van der Waals surface area contributed by atoms with Gasteiger partial charge < -0.3 is 19.1 Å². The summed E-state index contributed by atoms with van der Waals surface area (Å²) in [6.07, 6.45) is 2.77. The molecule has 3 heterocycles. The average molecular weight is 343 g/mol. The molecule has 0 aliphatic carbocycles. The predicted molar refractivity (Wildman–Crippen MR) is 91.8 cm³/mol. The first-order valence-electron chi connectivity index (χ1n) is 8.38. The Morgan fingerprint density at radius 2 is 2.20 bits per heavy atom. The Morgan fingerprint density at radius 1 is 1.40 bits per heavy atom. The van der Waals surface area contributed by atoms with Crippen LogP contribution in [0.3, 0.4) is 0 Å². The topological polar surface area (TPSA) is 88.4 Å². The van der Waals surface area contributed by atoms with Gasteiger partial charge in [-0.1, -0.05) is 18.2 Å². The van der Waals surface area contributed by atoms with Gasteiger partial charge in [-0.05, 0) is 26.3 Å². The summed E-state index contributed by atoms with van der Waals surface area (Å²) in [5.74, 6) is -0.0397. The number of ether oxygens (including phenoxy) is 1. The highest BCUT2D eigenvalue weighted by Crippen LogP contribution is 2.33. The molecular formula is C18H21N3O4. The summed E-state index contributed by atoms with van der Waals surface area (Å²) in [6, 6.07) is 3.40. The van der Waals surface area contributed by atoms with Crippen molar-refractivity contribution >= 4 is 17.4 Å². The van der Waals surface area contributed by atoms with Crippen molar-refractivity contribution in [2.75, 3.05) is 19.7 Å². The highest BCUT2D eigenvalue weighted by Gasteiger charge is 2.29. The maximum absolute atomic E-state index is 12.7. The number of carbonyl (C=O) groups excluding carboxylic acids is 2. The minimum Gasteiger partial charge on any atom is -0.461 e. The number of esters is 1. The van der Waals surface area contributed by atoms with Crippen LogP contribution in [0.15, 0.2) is 22.7 Å². The summed E-state index contributed by atoms with van der Waals surface area (Å²) in [7, 11) is 0. The Hall–Kier alpha value is -2.83. The number of aromatic nitrogens is 2. The number of hydrogen-bond acceptors (Lipinski definition) is 5. The molecule has 0 unspecified atom stereocenters. The van der Waals surface area contributed by atoms with E-state index in [4.69, 9.17) is 9.26 Å². The molecular weight excluding hydrogens is 322 g/mol. The van der Waals surface area contributed by atoms with Crippen molar-refractivity contribution in [1.82, 2.24) is 15.0 Å². The van der Waals surface area contributed by atoms with Crippen LogP contribution in [-0.2, 0) is 9.53 Å². The smallest absolute Gasteiger partial charge is 0.354 e.